The van der Waals surface area contributed by atoms with Crippen molar-refractivity contribution in [1.29, 1.82) is 0 Å². The van der Waals surface area contributed by atoms with Crippen LogP contribution in [0.4, 0.5) is 4.79 Å². The average molecular weight is 388 g/mol. The number of methoxy groups -OCH3 is 1. The minimum absolute atomic E-state index is 0.164. The first-order valence-electron chi connectivity index (χ1n) is 9.07. The molecule has 0 atom stereocenters. The number of nitrogens with zero attached hydrogens (tertiary/aromatic N) is 2. The summed E-state index contributed by atoms with van der Waals surface area (Å²) in [6.45, 7) is 5.30. The molecule has 0 N–H and O–H groups in total. The van der Waals surface area contributed by atoms with Crippen molar-refractivity contribution in [2.45, 2.75) is 26.7 Å². The second-order valence-electron chi connectivity index (χ2n) is 7.06. The van der Waals surface area contributed by atoms with E-state index >= 15 is 0 Å². The number of hydrogen-bond donors (Lipinski definition) is 0. The highest BCUT2D eigenvalue weighted by Crippen LogP contribution is 2.33. The Morgan fingerprint density at radius 2 is 2.00 bits per heavy atom. The van der Waals surface area contributed by atoms with Crippen LogP contribution < -0.4 is 4.74 Å². The van der Waals surface area contributed by atoms with Crippen LogP contribution in [0, 0.1) is 12.8 Å². The van der Waals surface area contributed by atoms with Crippen LogP contribution in [0.1, 0.15) is 30.9 Å². The number of aryl methyl sites for hydroxylation is 1. The number of imide groups is 1. The van der Waals surface area contributed by atoms with Crippen LogP contribution in [-0.4, -0.2) is 53.6 Å². The number of benzene rings is 1. The number of thioether (sulfide) groups is 1. The quantitative estimate of drug-likeness (QED) is 0.741. The van der Waals surface area contributed by atoms with Gasteiger partial charge in [-0.05, 0) is 60.7 Å². The summed E-state index contributed by atoms with van der Waals surface area (Å²) in [5, 5.41) is -0.399. The first kappa shape index (κ1) is 19.5. The van der Waals surface area contributed by atoms with Gasteiger partial charge in [-0.2, -0.15) is 0 Å². The van der Waals surface area contributed by atoms with Crippen LogP contribution in [-0.2, 0) is 9.59 Å². The Morgan fingerprint density at radius 1 is 1.30 bits per heavy atom. The molecular formula is C20H24N2O4S. The van der Waals surface area contributed by atoms with E-state index in [4.69, 9.17) is 4.74 Å². The maximum absolute atomic E-state index is 12.6. The molecule has 2 heterocycles. The van der Waals surface area contributed by atoms with E-state index in [-0.39, 0.29) is 12.5 Å². The lowest BCUT2D eigenvalue weighted by Gasteiger charge is -2.31. The number of carbonyl (C=O) groups is 3. The lowest BCUT2D eigenvalue weighted by Crippen LogP contribution is -2.45. The van der Waals surface area contributed by atoms with E-state index in [1.165, 1.54) is 0 Å². The van der Waals surface area contributed by atoms with Crippen LogP contribution in [0.2, 0.25) is 0 Å². The minimum Gasteiger partial charge on any atom is -0.496 e. The average Bonchev–Trinajstić information content (AvgIpc) is 2.91. The molecule has 0 unspecified atom stereocenters. The number of hydrogen-bond acceptors (Lipinski definition) is 5. The molecule has 144 valence electrons. The maximum Gasteiger partial charge on any atom is 0.294 e. The molecule has 2 fully saturated rings. The molecule has 3 rings (SSSR count). The first-order valence-corrected chi connectivity index (χ1v) is 9.88. The van der Waals surface area contributed by atoms with Crippen LogP contribution in [0.25, 0.3) is 6.08 Å². The molecular weight excluding hydrogens is 364 g/mol. The lowest BCUT2D eigenvalue weighted by molar-refractivity contribution is -0.136. The predicted octanol–water partition coefficient (Wildman–Crippen LogP) is 3.30. The molecule has 0 saturated carbocycles. The van der Waals surface area contributed by atoms with Gasteiger partial charge in [-0.1, -0.05) is 19.1 Å². The minimum atomic E-state index is -0.414. The van der Waals surface area contributed by atoms with E-state index in [0.717, 1.165) is 46.4 Å². The summed E-state index contributed by atoms with van der Waals surface area (Å²) in [4.78, 5) is 40.5. The standard InChI is InChI=1S/C20H24N2O4S/c1-13-6-8-21(9-7-13)18(23)12-22-19(24)17(27-20(22)25)11-15-5-4-14(2)16(10-15)26-3/h4-5,10-11,13H,6-9,12H2,1-3H3/b17-11+. The van der Waals surface area contributed by atoms with Crippen molar-refractivity contribution in [3.63, 3.8) is 0 Å². The molecule has 0 aromatic heterocycles. The van der Waals surface area contributed by atoms with Crippen molar-refractivity contribution in [2.24, 2.45) is 5.92 Å². The Morgan fingerprint density at radius 3 is 2.67 bits per heavy atom. The maximum atomic E-state index is 12.6. The van der Waals surface area contributed by atoms with Gasteiger partial charge < -0.3 is 9.64 Å². The predicted molar refractivity (Wildman–Crippen MR) is 105 cm³/mol. The Hall–Kier alpha value is -2.28. The Kier molecular flexibility index (Phi) is 5.89. The molecule has 0 bridgehead atoms. The summed E-state index contributed by atoms with van der Waals surface area (Å²) >= 11 is 0.870. The number of carbonyl (C=O) groups excluding carboxylic acids is 3. The Balaban J connectivity index is 1.70. The fourth-order valence-electron chi connectivity index (χ4n) is 3.21. The molecule has 7 heteroatoms. The summed E-state index contributed by atoms with van der Waals surface area (Å²) < 4.78 is 5.30. The number of rotatable bonds is 4. The van der Waals surface area contributed by atoms with E-state index in [0.29, 0.717) is 23.9 Å². The van der Waals surface area contributed by atoms with Crippen molar-refractivity contribution in [3.8, 4) is 5.75 Å². The first-order chi connectivity index (χ1) is 12.9. The van der Waals surface area contributed by atoms with E-state index in [9.17, 15) is 14.4 Å². The highest BCUT2D eigenvalue weighted by Gasteiger charge is 2.37. The molecule has 3 amide bonds. The van der Waals surface area contributed by atoms with Crippen molar-refractivity contribution >= 4 is 34.9 Å². The zero-order chi connectivity index (χ0) is 19.6. The van der Waals surface area contributed by atoms with Gasteiger partial charge in [0.15, 0.2) is 0 Å². The topological polar surface area (TPSA) is 66.9 Å². The summed E-state index contributed by atoms with van der Waals surface area (Å²) in [5.74, 6) is 0.754. The molecule has 27 heavy (non-hydrogen) atoms. The van der Waals surface area contributed by atoms with Gasteiger partial charge in [0.2, 0.25) is 5.91 Å². The molecule has 2 aliphatic rings. The molecule has 2 saturated heterocycles. The van der Waals surface area contributed by atoms with E-state index in [1.807, 2.05) is 25.1 Å². The van der Waals surface area contributed by atoms with Crippen molar-refractivity contribution in [3.05, 3.63) is 34.2 Å². The molecule has 0 radical (unpaired) electrons. The van der Waals surface area contributed by atoms with Crippen LogP contribution >= 0.6 is 11.8 Å². The largest absolute Gasteiger partial charge is 0.496 e. The van der Waals surface area contributed by atoms with Crippen molar-refractivity contribution in [2.75, 3.05) is 26.7 Å². The number of likely N-dealkylation sites (tertiary alicyclic amines) is 1. The third-order valence-electron chi connectivity index (χ3n) is 5.03. The highest BCUT2D eigenvalue weighted by atomic mass is 32.2. The Labute approximate surface area is 163 Å². The van der Waals surface area contributed by atoms with Gasteiger partial charge >= 0.3 is 0 Å². The van der Waals surface area contributed by atoms with E-state index < -0.39 is 11.1 Å². The second-order valence-corrected chi connectivity index (χ2v) is 8.05. The van der Waals surface area contributed by atoms with Crippen LogP contribution in [0.15, 0.2) is 23.1 Å². The van der Waals surface area contributed by atoms with Gasteiger partial charge in [0.25, 0.3) is 11.1 Å². The van der Waals surface area contributed by atoms with Crippen LogP contribution in [0.5, 0.6) is 5.75 Å². The van der Waals surface area contributed by atoms with Gasteiger partial charge in [-0.25, -0.2) is 0 Å². The summed E-state index contributed by atoms with van der Waals surface area (Å²) in [6, 6.07) is 5.59. The lowest BCUT2D eigenvalue weighted by atomic mass is 9.99. The fourth-order valence-corrected chi connectivity index (χ4v) is 4.05. The molecule has 0 aliphatic carbocycles. The zero-order valence-electron chi connectivity index (χ0n) is 15.9. The molecule has 2 aliphatic heterocycles. The Bertz CT molecular complexity index is 797. The van der Waals surface area contributed by atoms with Gasteiger partial charge in [-0.15, -0.1) is 0 Å². The monoisotopic (exact) mass is 388 g/mol. The van der Waals surface area contributed by atoms with E-state index in [2.05, 4.69) is 6.92 Å². The summed E-state index contributed by atoms with van der Waals surface area (Å²) in [7, 11) is 1.59. The third-order valence-corrected chi connectivity index (χ3v) is 5.94. The van der Waals surface area contributed by atoms with Gasteiger partial charge in [0.1, 0.15) is 12.3 Å². The van der Waals surface area contributed by atoms with E-state index in [1.54, 1.807) is 18.1 Å². The fraction of sp³-hybridized carbons (Fsp3) is 0.450. The van der Waals surface area contributed by atoms with Gasteiger partial charge in [-0.3, -0.25) is 19.3 Å². The van der Waals surface area contributed by atoms with Gasteiger partial charge in [0.05, 0.1) is 12.0 Å². The smallest absolute Gasteiger partial charge is 0.294 e. The number of piperidine rings is 1. The molecule has 6 nitrogen and oxygen atoms in total. The SMILES string of the molecule is COc1cc(/C=C2/SC(=O)N(CC(=O)N3CCC(C)CC3)C2=O)ccc1C. The number of ether oxygens (including phenoxy) is 1. The highest BCUT2D eigenvalue weighted by molar-refractivity contribution is 8.18. The molecule has 0 spiro atoms. The van der Waals surface area contributed by atoms with Crippen molar-refractivity contribution in [1.82, 2.24) is 9.80 Å². The normalized spacial score (nSPS) is 19.9. The second kappa shape index (κ2) is 8.17. The molecule has 1 aromatic carbocycles. The third kappa shape index (κ3) is 4.35. The summed E-state index contributed by atoms with van der Waals surface area (Å²) in [5.41, 5.74) is 1.77. The number of amides is 3. The van der Waals surface area contributed by atoms with Crippen molar-refractivity contribution < 1.29 is 19.1 Å². The zero-order valence-corrected chi connectivity index (χ0v) is 16.7. The van der Waals surface area contributed by atoms with Crippen LogP contribution in [0.3, 0.4) is 0 Å². The summed E-state index contributed by atoms with van der Waals surface area (Å²) in [6.07, 6.45) is 3.59. The van der Waals surface area contributed by atoms with Gasteiger partial charge in [0, 0.05) is 13.1 Å². The molecule has 1 aromatic rings.